The van der Waals surface area contributed by atoms with Gasteiger partial charge in [0.1, 0.15) is 10.8 Å². The Morgan fingerprint density at radius 1 is 1.25 bits per heavy atom. The molecule has 0 saturated heterocycles. The Kier molecular flexibility index (Phi) is 4.43. The highest BCUT2D eigenvalue weighted by molar-refractivity contribution is 6.34. The summed E-state index contributed by atoms with van der Waals surface area (Å²) in [6.07, 6.45) is 0. The molecule has 0 aliphatic rings. The summed E-state index contributed by atoms with van der Waals surface area (Å²) < 4.78 is 2.83. The molecule has 6 nitrogen and oxygen atoms in total. The summed E-state index contributed by atoms with van der Waals surface area (Å²) in [6.45, 7) is 6.13. The quantitative estimate of drug-likeness (QED) is 0.788. The third kappa shape index (κ3) is 2.83. The summed E-state index contributed by atoms with van der Waals surface area (Å²) in [4.78, 5) is 17.5. The van der Waals surface area contributed by atoms with Crippen LogP contribution >= 0.6 is 11.6 Å². The second-order valence-electron chi connectivity index (χ2n) is 6.23. The van der Waals surface area contributed by atoms with E-state index in [0.29, 0.717) is 28.7 Å². The molecule has 2 aromatic heterocycles. The van der Waals surface area contributed by atoms with Crippen LogP contribution in [0.25, 0.3) is 5.65 Å². The molecule has 1 aromatic carbocycles. The van der Waals surface area contributed by atoms with Gasteiger partial charge in [-0.3, -0.25) is 4.57 Å². The maximum absolute atomic E-state index is 13.0. The second-order valence-corrected chi connectivity index (χ2v) is 6.61. The highest BCUT2D eigenvalue weighted by Crippen LogP contribution is 2.22. The van der Waals surface area contributed by atoms with Crippen LogP contribution in [0.5, 0.6) is 0 Å². The van der Waals surface area contributed by atoms with E-state index in [-0.39, 0.29) is 17.6 Å². The van der Waals surface area contributed by atoms with Crippen molar-refractivity contribution in [3.63, 3.8) is 0 Å². The third-order valence-corrected chi connectivity index (χ3v) is 4.52. The van der Waals surface area contributed by atoms with Crippen molar-refractivity contribution in [1.82, 2.24) is 19.2 Å². The van der Waals surface area contributed by atoms with Gasteiger partial charge in [0.2, 0.25) is 0 Å². The molecular formula is C17H20ClN5O. The fourth-order valence-electron chi connectivity index (χ4n) is 2.57. The zero-order chi connectivity index (χ0) is 17.4. The Bertz CT molecular complexity index is 930. The first kappa shape index (κ1) is 16.7. The number of hydrogen-bond acceptors (Lipinski definition) is 4. The minimum absolute atomic E-state index is 0.129. The van der Waals surface area contributed by atoms with E-state index in [0.717, 1.165) is 5.56 Å². The van der Waals surface area contributed by atoms with Gasteiger partial charge in [-0.2, -0.15) is 9.61 Å². The summed E-state index contributed by atoms with van der Waals surface area (Å²) in [5.74, 6) is 0.650. The highest BCUT2D eigenvalue weighted by Gasteiger charge is 2.22. The molecule has 2 N–H and O–H groups in total. The van der Waals surface area contributed by atoms with Crippen LogP contribution in [0.4, 0.5) is 0 Å². The van der Waals surface area contributed by atoms with Gasteiger partial charge in [0.25, 0.3) is 0 Å². The molecule has 0 spiro atoms. The third-order valence-electron chi connectivity index (χ3n) is 4.07. The smallest absolute Gasteiger partial charge is 0.321 e. The predicted molar refractivity (Wildman–Crippen MR) is 94.3 cm³/mol. The van der Waals surface area contributed by atoms with Crippen LogP contribution in [0, 0.1) is 12.8 Å². The van der Waals surface area contributed by atoms with Crippen LogP contribution in [-0.4, -0.2) is 19.2 Å². The Balaban J connectivity index is 2.26. The van der Waals surface area contributed by atoms with Crippen LogP contribution in [0.15, 0.2) is 35.1 Å². The molecule has 7 heteroatoms. The average molecular weight is 346 g/mol. The molecule has 1 atom stereocenters. The minimum Gasteiger partial charge on any atom is -0.321 e. The van der Waals surface area contributed by atoms with Crippen molar-refractivity contribution in [2.24, 2.45) is 11.7 Å². The number of nitrogens with zero attached hydrogens (tertiary/aromatic N) is 4. The van der Waals surface area contributed by atoms with Crippen molar-refractivity contribution in [1.29, 1.82) is 0 Å². The lowest BCUT2D eigenvalue weighted by Crippen LogP contribution is -2.35. The largest absolute Gasteiger partial charge is 0.352 e. The average Bonchev–Trinajstić information content (AvgIpc) is 2.85. The first-order valence-corrected chi connectivity index (χ1v) is 8.23. The first-order valence-electron chi connectivity index (χ1n) is 7.85. The topological polar surface area (TPSA) is 78.2 Å². The Labute approximate surface area is 144 Å². The number of halogens is 1. The number of hydrogen-bond donors (Lipinski definition) is 1. The maximum Gasteiger partial charge on any atom is 0.352 e. The van der Waals surface area contributed by atoms with Gasteiger partial charge >= 0.3 is 5.69 Å². The lowest BCUT2D eigenvalue weighted by atomic mass is 10.0. The second kappa shape index (κ2) is 6.37. The molecule has 0 radical (unpaired) electrons. The molecule has 0 amide bonds. The molecule has 24 heavy (non-hydrogen) atoms. The normalized spacial score (nSPS) is 12.9. The van der Waals surface area contributed by atoms with Crippen molar-refractivity contribution in [3.05, 3.63) is 62.9 Å². The minimum atomic E-state index is -0.377. The first-order chi connectivity index (χ1) is 11.4. The molecule has 0 aliphatic heterocycles. The number of aromatic nitrogens is 4. The zero-order valence-corrected chi connectivity index (χ0v) is 14.7. The van der Waals surface area contributed by atoms with Gasteiger partial charge in [-0.15, -0.1) is 0 Å². The highest BCUT2D eigenvalue weighted by atomic mass is 35.5. The van der Waals surface area contributed by atoms with E-state index in [9.17, 15) is 4.79 Å². The number of rotatable bonds is 4. The summed E-state index contributed by atoms with van der Waals surface area (Å²) in [5, 5.41) is 4.59. The standard InChI is InChI=1S/C17H20ClN5O/c1-10(2)14(19)16-20-15-13(18)11(3)21-23(15)17(24)22(16)9-12-7-5-4-6-8-12/h4-8,10,14H,9,19H2,1-3H3. The number of aryl methyl sites for hydroxylation is 1. The maximum atomic E-state index is 13.0. The van der Waals surface area contributed by atoms with Gasteiger partial charge in [-0.25, -0.2) is 9.78 Å². The molecule has 2 heterocycles. The van der Waals surface area contributed by atoms with Gasteiger partial charge in [-0.05, 0) is 18.4 Å². The Morgan fingerprint density at radius 3 is 2.54 bits per heavy atom. The molecule has 3 rings (SSSR count). The summed E-state index contributed by atoms with van der Waals surface area (Å²) in [7, 11) is 0. The van der Waals surface area contributed by atoms with E-state index in [2.05, 4.69) is 10.1 Å². The van der Waals surface area contributed by atoms with E-state index in [1.807, 2.05) is 44.2 Å². The van der Waals surface area contributed by atoms with Crippen LogP contribution in [0.3, 0.4) is 0 Å². The van der Waals surface area contributed by atoms with E-state index < -0.39 is 0 Å². The lowest BCUT2D eigenvalue weighted by Gasteiger charge is -2.20. The monoisotopic (exact) mass is 345 g/mol. The molecule has 0 saturated carbocycles. The van der Waals surface area contributed by atoms with Crippen LogP contribution < -0.4 is 11.4 Å². The summed E-state index contributed by atoms with van der Waals surface area (Å²) in [5.41, 5.74) is 7.95. The van der Waals surface area contributed by atoms with Gasteiger partial charge < -0.3 is 5.73 Å². The van der Waals surface area contributed by atoms with Crippen LogP contribution in [0.2, 0.25) is 5.02 Å². The SMILES string of the molecule is Cc1nn2c(=O)n(Cc3ccccc3)c(C(N)C(C)C)nc2c1Cl. The lowest BCUT2D eigenvalue weighted by molar-refractivity contribution is 0.454. The molecule has 3 aromatic rings. The van der Waals surface area contributed by atoms with E-state index in [4.69, 9.17) is 17.3 Å². The fraction of sp³-hybridized carbons (Fsp3) is 0.353. The van der Waals surface area contributed by atoms with Crippen molar-refractivity contribution in [2.75, 3.05) is 0 Å². The van der Waals surface area contributed by atoms with Gasteiger partial charge in [-0.1, -0.05) is 55.8 Å². The molecule has 126 valence electrons. The number of nitrogens with two attached hydrogens (primary N) is 1. The Morgan fingerprint density at radius 2 is 1.92 bits per heavy atom. The van der Waals surface area contributed by atoms with Crippen LogP contribution in [-0.2, 0) is 6.54 Å². The van der Waals surface area contributed by atoms with Crippen LogP contribution in [0.1, 0.15) is 37.0 Å². The van der Waals surface area contributed by atoms with Gasteiger partial charge in [0.15, 0.2) is 5.65 Å². The molecule has 1 unspecified atom stereocenters. The van der Waals surface area contributed by atoms with Crippen molar-refractivity contribution < 1.29 is 0 Å². The molecule has 0 fully saturated rings. The fourth-order valence-corrected chi connectivity index (χ4v) is 2.73. The molecule has 0 bridgehead atoms. The zero-order valence-electron chi connectivity index (χ0n) is 13.9. The molecule has 0 aliphatic carbocycles. The number of benzene rings is 1. The van der Waals surface area contributed by atoms with E-state index in [1.165, 1.54) is 4.52 Å². The summed E-state index contributed by atoms with van der Waals surface area (Å²) >= 11 is 6.25. The number of fused-ring (bicyclic) bond motifs is 1. The van der Waals surface area contributed by atoms with Crippen molar-refractivity contribution in [2.45, 2.75) is 33.4 Å². The van der Waals surface area contributed by atoms with Crippen molar-refractivity contribution >= 4 is 17.2 Å². The van der Waals surface area contributed by atoms with E-state index >= 15 is 0 Å². The van der Waals surface area contributed by atoms with Gasteiger partial charge in [0.05, 0.1) is 18.3 Å². The van der Waals surface area contributed by atoms with Gasteiger partial charge in [0, 0.05) is 0 Å². The molecular weight excluding hydrogens is 326 g/mol. The van der Waals surface area contributed by atoms with Crippen molar-refractivity contribution in [3.8, 4) is 0 Å². The summed E-state index contributed by atoms with van der Waals surface area (Å²) in [6, 6.07) is 9.35. The Hall–Kier alpha value is -2.18. The van der Waals surface area contributed by atoms with E-state index in [1.54, 1.807) is 11.5 Å². The predicted octanol–water partition coefficient (Wildman–Crippen LogP) is 2.56.